The summed E-state index contributed by atoms with van der Waals surface area (Å²) in [7, 11) is -2.82. The third-order valence-electron chi connectivity index (χ3n) is 2.98. The molecule has 6 heteroatoms. The minimum atomic E-state index is -2.82. The topological polar surface area (TPSA) is 63.4 Å². The number of thiocarbonyl (C=S) groups is 1. The zero-order chi connectivity index (χ0) is 12.2. The maximum Gasteiger partial charge on any atom is 0.147 e. The summed E-state index contributed by atoms with van der Waals surface area (Å²) < 4.78 is 21.9. The molecule has 1 saturated heterocycles. The van der Waals surface area contributed by atoms with Crippen molar-refractivity contribution in [1.29, 1.82) is 0 Å². The summed E-state index contributed by atoms with van der Waals surface area (Å²) in [6.45, 7) is 2.81. The Hall–Kier alpha value is -0.200. The molecule has 0 aromatic carbocycles. The first kappa shape index (κ1) is 13.9. The van der Waals surface area contributed by atoms with E-state index >= 15 is 0 Å². The summed E-state index contributed by atoms with van der Waals surface area (Å²) in [5, 5.41) is 0. The largest absolute Gasteiger partial charge is 0.393 e. The van der Waals surface area contributed by atoms with E-state index in [1.54, 1.807) is 0 Å². The van der Waals surface area contributed by atoms with E-state index in [2.05, 4.69) is 4.90 Å². The van der Waals surface area contributed by atoms with E-state index in [0.29, 0.717) is 10.9 Å². The standard InChI is InChI=1S/C10H20N2O2S2/c1-16(13,14)8-2-5-12-6-3-9(4-7-12)10(11)15/h9H,2-8H2,1H3,(H2,11,15). The molecule has 4 nitrogen and oxygen atoms in total. The zero-order valence-corrected chi connectivity index (χ0v) is 11.3. The Morgan fingerprint density at radius 3 is 2.44 bits per heavy atom. The molecule has 0 aliphatic carbocycles. The molecule has 1 heterocycles. The monoisotopic (exact) mass is 264 g/mol. The first-order valence-electron chi connectivity index (χ1n) is 5.58. The second-order valence-electron chi connectivity index (χ2n) is 4.50. The smallest absolute Gasteiger partial charge is 0.147 e. The van der Waals surface area contributed by atoms with E-state index in [1.165, 1.54) is 6.26 Å². The average molecular weight is 264 g/mol. The maximum atomic E-state index is 11.0. The van der Waals surface area contributed by atoms with Crippen LogP contribution < -0.4 is 5.73 Å². The van der Waals surface area contributed by atoms with Crippen molar-refractivity contribution in [3.05, 3.63) is 0 Å². The highest BCUT2D eigenvalue weighted by Crippen LogP contribution is 2.17. The molecule has 0 atom stereocenters. The summed E-state index contributed by atoms with van der Waals surface area (Å²) in [5.74, 6) is 0.656. The molecule has 1 aliphatic rings. The second kappa shape index (κ2) is 5.93. The SMILES string of the molecule is CS(=O)(=O)CCCN1CCC(C(N)=S)CC1. The highest BCUT2D eigenvalue weighted by molar-refractivity contribution is 7.90. The van der Waals surface area contributed by atoms with Gasteiger partial charge in [0.15, 0.2) is 0 Å². The number of nitrogens with zero attached hydrogens (tertiary/aromatic N) is 1. The summed E-state index contributed by atoms with van der Waals surface area (Å²) in [6.07, 6.45) is 4.02. The van der Waals surface area contributed by atoms with Crippen LogP contribution in [0.2, 0.25) is 0 Å². The van der Waals surface area contributed by atoms with Gasteiger partial charge >= 0.3 is 0 Å². The molecular weight excluding hydrogens is 244 g/mol. The van der Waals surface area contributed by atoms with E-state index in [1.807, 2.05) is 0 Å². The Morgan fingerprint density at radius 2 is 2.00 bits per heavy atom. The van der Waals surface area contributed by atoms with Crippen LogP contribution in [0.5, 0.6) is 0 Å². The first-order valence-corrected chi connectivity index (χ1v) is 8.05. The maximum absolute atomic E-state index is 11.0. The van der Waals surface area contributed by atoms with Gasteiger partial charge in [-0.2, -0.15) is 0 Å². The Labute approximate surface area is 103 Å². The van der Waals surface area contributed by atoms with E-state index in [-0.39, 0.29) is 5.75 Å². The molecule has 0 unspecified atom stereocenters. The Kier molecular flexibility index (Phi) is 5.14. The van der Waals surface area contributed by atoms with Crippen molar-refractivity contribution < 1.29 is 8.42 Å². The average Bonchev–Trinajstić information content (AvgIpc) is 2.16. The molecule has 1 fully saturated rings. The third kappa shape index (κ3) is 5.23. The van der Waals surface area contributed by atoms with Gasteiger partial charge in [-0.15, -0.1) is 0 Å². The molecule has 0 spiro atoms. The molecular formula is C10H20N2O2S2. The van der Waals surface area contributed by atoms with E-state index in [0.717, 1.165) is 38.9 Å². The summed E-state index contributed by atoms with van der Waals surface area (Å²) in [5.41, 5.74) is 5.60. The lowest BCUT2D eigenvalue weighted by atomic mass is 9.97. The molecule has 2 N–H and O–H groups in total. The molecule has 0 bridgehead atoms. The van der Waals surface area contributed by atoms with Gasteiger partial charge in [-0.25, -0.2) is 8.42 Å². The molecule has 94 valence electrons. The second-order valence-corrected chi connectivity index (χ2v) is 7.23. The van der Waals surface area contributed by atoms with Crippen LogP contribution >= 0.6 is 12.2 Å². The number of sulfone groups is 1. The molecule has 1 aliphatic heterocycles. The number of likely N-dealkylation sites (tertiary alicyclic amines) is 1. The number of hydrogen-bond acceptors (Lipinski definition) is 4. The first-order chi connectivity index (χ1) is 7.38. The van der Waals surface area contributed by atoms with Crippen LogP contribution in [0.1, 0.15) is 19.3 Å². The zero-order valence-electron chi connectivity index (χ0n) is 9.68. The van der Waals surface area contributed by atoms with E-state index in [9.17, 15) is 8.42 Å². The fraction of sp³-hybridized carbons (Fsp3) is 0.900. The van der Waals surface area contributed by atoms with Crippen molar-refractivity contribution in [3.8, 4) is 0 Å². The summed E-state index contributed by atoms with van der Waals surface area (Å²) in [6, 6.07) is 0. The van der Waals surface area contributed by atoms with Crippen molar-refractivity contribution in [2.75, 3.05) is 31.6 Å². The summed E-state index contributed by atoms with van der Waals surface area (Å²) >= 11 is 4.97. The number of nitrogens with two attached hydrogens (primary N) is 1. The van der Waals surface area contributed by atoms with Crippen LogP contribution in [0.15, 0.2) is 0 Å². The van der Waals surface area contributed by atoms with Crippen LogP contribution in [0.4, 0.5) is 0 Å². The lowest BCUT2D eigenvalue weighted by Crippen LogP contribution is -2.38. The van der Waals surface area contributed by atoms with Crippen molar-refractivity contribution >= 4 is 27.0 Å². The normalized spacial score (nSPS) is 19.8. The molecule has 0 saturated carbocycles. The predicted molar refractivity (Wildman–Crippen MR) is 70.3 cm³/mol. The Balaban J connectivity index is 2.20. The molecule has 0 amide bonds. The van der Waals surface area contributed by atoms with Crippen molar-refractivity contribution in [1.82, 2.24) is 4.90 Å². The van der Waals surface area contributed by atoms with Crippen molar-refractivity contribution in [2.45, 2.75) is 19.3 Å². The van der Waals surface area contributed by atoms with Gasteiger partial charge in [0.05, 0.1) is 10.7 Å². The fourth-order valence-corrected chi connectivity index (χ4v) is 2.88. The number of piperidine rings is 1. The van der Waals surface area contributed by atoms with Crippen LogP contribution in [-0.4, -0.2) is 49.9 Å². The van der Waals surface area contributed by atoms with Gasteiger partial charge < -0.3 is 10.6 Å². The van der Waals surface area contributed by atoms with Gasteiger partial charge in [0.1, 0.15) is 9.84 Å². The number of rotatable bonds is 5. The van der Waals surface area contributed by atoms with Crippen LogP contribution in [-0.2, 0) is 9.84 Å². The molecule has 0 aromatic heterocycles. The molecule has 0 aromatic rings. The van der Waals surface area contributed by atoms with Crippen LogP contribution in [0.25, 0.3) is 0 Å². The number of hydrogen-bond donors (Lipinski definition) is 1. The van der Waals surface area contributed by atoms with Gasteiger partial charge in [-0.05, 0) is 38.9 Å². The molecule has 0 radical (unpaired) electrons. The highest BCUT2D eigenvalue weighted by Gasteiger charge is 2.20. The third-order valence-corrected chi connectivity index (χ3v) is 4.34. The van der Waals surface area contributed by atoms with Gasteiger partial charge in [-0.3, -0.25) is 0 Å². The minimum absolute atomic E-state index is 0.280. The predicted octanol–water partition coefficient (Wildman–Crippen LogP) is 0.419. The van der Waals surface area contributed by atoms with Crippen molar-refractivity contribution in [2.24, 2.45) is 11.7 Å². The van der Waals surface area contributed by atoms with Gasteiger partial charge in [-0.1, -0.05) is 12.2 Å². The van der Waals surface area contributed by atoms with Gasteiger partial charge in [0.2, 0.25) is 0 Å². The van der Waals surface area contributed by atoms with E-state index < -0.39 is 9.84 Å². The lowest BCUT2D eigenvalue weighted by molar-refractivity contribution is 0.210. The molecule has 16 heavy (non-hydrogen) atoms. The quantitative estimate of drug-likeness (QED) is 0.729. The van der Waals surface area contributed by atoms with Gasteiger partial charge in [0.25, 0.3) is 0 Å². The highest BCUT2D eigenvalue weighted by atomic mass is 32.2. The Bertz CT molecular complexity index is 333. The van der Waals surface area contributed by atoms with E-state index in [4.69, 9.17) is 18.0 Å². The minimum Gasteiger partial charge on any atom is -0.393 e. The molecule has 1 rings (SSSR count). The van der Waals surface area contributed by atoms with Crippen LogP contribution in [0.3, 0.4) is 0 Å². The lowest BCUT2D eigenvalue weighted by Gasteiger charge is -2.31. The summed E-state index contributed by atoms with van der Waals surface area (Å²) in [4.78, 5) is 2.91. The van der Waals surface area contributed by atoms with Gasteiger partial charge in [0, 0.05) is 12.2 Å². The van der Waals surface area contributed by atoms with Crippen molar-refractivity contribution in [3.63, 3.8) is 0 Å². The Morgan fingerprint density at radius 1 is 1.44 bits per heavy atom. The fourth-order valence-electron chi connectivity index (χ4n) is 1.99. The van der Waals surface area contributed by atoms with Crippen LogP contribution in [0, 0.1) is 5.92 Å².